The minimum Gasteiger partial charge on any atom is -0.480 e. The van der Waals surface area contributed by atoms with Crippen molar-refractivity contribution in [1.29, 1.82) is 0 Å². The molecule has 1 aromatic rings. The largest absolute Gasteiger partial charge is 0.480 e. The number of aryl methyl sites for hydroxylation is 1. The fourth-order valence-corrected chi connectivity index (χ4v) is 1.18. The smallest absolute Gasteiger partial charge is 0.326 e. The maximum atomic E-state index is 11.4. The van der Waals surface area contributed by atoms with Crippen LogP contribution in [0.4, 0.5) is 0 Å². The molecule has 0 aliphatic rings. The van der Waals surface area contributed by atoms with E-state index in [0.29, 0.717) is 5.76 Å². The Kier molecular flexibility index (Phi) is 4.91. The zero-order chi connectivity index (χ0) is 13.5. The van der Waals surface area contributed by atoms with Crippen molar-refractivity contribution in [3.63, 3.8) is 0 Å². The number of aliphatic carboxylic acids is 1. The van der Waals surface area contributed by atoms with Gasteiger partial charge in [0.2, 0.25) is 0 Å². The van der Waals surface area contributed by atoms with E-state index in [9.17, 15) is 9.59 Å². The summed E-state index contributed by atoms with van der Waals surface area (Å²) in [6, 6.07) is 0.517. The third-order valence-electron chi connectivity index (χ3n) is 1.99. The fourth-order valence-electron chi connectivity index (χ4n) is 1.18. The molecule has 0 saturated carbocycles. The first kappa shape index (κ1) is 13.8. The molecule has 18 heavy (non-hydrogen) atoms. The van der Waals surface area contributed by atoms with Gasteiger partial charge in [0.05, 0.1) is 0 Å². The van der Waals surface area contributed by atoms with Gasteiger partial charge < -0.3 is 19.7 Å². The van der Waals surface area contributed by atoms with E-state index in [0.717, 1.165) is 0 Å². The lowest BCUT2D eigenvalue weighted by atomic mass is 10.2. The monoisotopic (exact) mass is 254 g/mol. The molecular weight excluding hydrogens is 240 g/mol. The van der Waals surface area contributed by atoms with Crippen molar-refractivity contribution in [2.45, 2.75) is 19.4 Å². The van der Waals surface area contributed by atoms with Gasteiger partial charge in [0.25, 0.3) is 11.8 Å². The van der Waals surface area contributed by atoms with Gasteiger partial charge in [0.1, 0.15) is 11.8 Å². The number of carbonyl (C=O) groups excluding carboxylic acids is 1. The zero-order valence-corrected chi connectivity index (χ0v) is 9.88. The van der Waals surface area contributed by atoms with Gasteiger partial charge in [-0.25, -0.2) is 4.79 Å². The molecule has 1 amide bonds. The minimum atomic E-state index is -1.12. The fraction of sp³-hybridized carbons (Fsp3) is 0.364. The molecular formula is C11H14N2O5. The van der Waals surface area contributed by atoms with Crippen LogP contribution in [0.15, 0.2) is 23.2 Å². The van der Waals surface area contributed by atoms with Crippen LogP contribution in [0.2, 0.25) is 0 Å². The second kappa shape index (κ2) is 6.43. The Labute approximate surface area is 103 Å². The molecule has 1 heterocycles. The van der Waals surface area contributed by atoms with Crippen molar-refractivity contribution in [2.75, 3.05) is 6.61 Å². The highest BCUT2D eigenvalue weighted by Gasteiger charge is 2.18. The Balaban J connectivity index is 2.40. The van der Waals surface area contributed by atoms with Crippen LogP contribution in [0.1, 0.15) is 12.2 Å². The highest BCUT2D eigenvalue weighted by Crippen LogP contribution is 2.09. The van der Waals surface area contributed by atoms with Crippen molar-refractivity contribution in [2.24, 2.45) is 0 Å². The third-order valence-corrected chi connectivity index (χ3v) is 1.99. The quantitative estimate of drug-likeness (QED) is 0.687. The number of carboxylic acids is 1. The van der Waals surface area contributed by atoms with Crippen LogP contribution in [0.5, 0.6) is 5.88 Å². The zero-order valence-electron chi connectivity index (χ0n) is 9.88. The number of ether oxygens (including phenoxy) is 1. The Morgan fingerprint density at radius 3 is 2.94 bits per heavy atom. The summed E-state index contributed by atoms with van der Waals surface area (Å²) in [6.45, 7) is 4.78. The van der Waals surface area contributed by atoms with E-state index in [-0.39, 0.29) is 18.9 Å². The molecule has 0 aliphatic carbocycles. The van der Waals surface area contributed by atoms with Crippen molar-refractivity contribution >= 4 is 11.9 Å². The van der Waals surface area contributed by atoms with Gasteiger partial charge in [-0.3, -0.25) is 4.79 Å². The Hall–Kier alpha value is -2.31. The van der Waals surface area contributed by atoms with Crippen molar-refractivity contribution in [3.05, 3.63) is 24.5 Å². The average Bonchev–Trinajstić information content (AvgIpc) is 2.72. The Morgan fingerprint density at radius 1 is 1.72 bits per heavy atom. The molecule has 0 bridgehead atoms. The van der Waals surface area contributed by atoms with Crippen LogP contribution < -0.4 is 10.1 Å². The number of hydrogen-bond acceptors (Lipinski definition) is 5. The van der Waals surface area contributed by atoms with Crippen LogP contribution in [-0.2, 0) is 9.59 Å². The van der Waals surface area contributed by atoms with Gasteiger partial charge >= 0.3 is 5.97 Å². The topological polar surface area (TPSA) is 102 Å². The van der Waals surface area contributed by atoms with E-state index >= 15 is 0 Å². The maximum Gasteiger partial charge on any atom is 0.326 e. The summed E-state index contributed by atoms with van der Waals surface area (Å²) in [5.74, 6) is -0.941. The first-order valence-electron chi connectivity index (χ1n) is 5.22. The van der Waals surface area contributed by atoms with E-state index in [1.165, 1.54) is 12.1 Å². The Morgan fingerprint density at radius 2 is 2.44 bits per heavy atom. The van der Waals surface area contributed by atoms with Crippen LogP contribution in [-0.4, -0.2) is 34.8 Å². The molecule has 7 heteroatoms. The summed E-state index contributed by atoms with van der Waals surface area (Å²) in [4.78, 5) is 22.2. The molecule has 0 aliphatic heterocycles. The number of carboxylic acid groups (broad SMARTS) is 1. The van der Waals surface area contributed by atoms with Crippen molar-refractivity contribution in [3.8, 4) is 5.88 Å². The molecule has 1 unspecified atom stereocenters. The van der Waals surface area contributed by atoms with E-state index in [1.807, 2.05) is 0 Å². The van der Waals surface area contributed by atoms with Gasteiger partial charge in [0, 0.05) is 6.07 Å². The van der Waals surface area contributed by atoms with Crippen molar-refractivity contribution < 1.29 is 24.0 Å². The van der Waals surface area contributed by atoms with Crippen LogP contribution in [0.3, 0.4) is 0 Å². The number of nitrogens with one attached hydrogen (secondary N) is 1. The number of aromatic nitrogens is 1. The summed E-state index contributed by atoms with van der Waals surface area (Å²) < 4.78 is 9.75. The summed E-state index contributed by atoms with van der Waals surface area (Å²) in [5, 5.41) is 14.6. The number of amides is 1. The molecule has 2 N–H and O–H groups in total. The van der Waals surface area contributed by atoms with Crippen LogP contribution in [0.25, 0.3) is 0 Å². The highest BCUT2D eigenvalue weighted by molar-refractivity contribution is 5.84. The maximum absolute atomic E-state index is 11.4. The van der Waals surface area contributed by atoms with Gasteiger partial charge in [-0.1, -0.05) is 6.08 Å². The van der Waals surface area contributed by atoms with E-state index in [1.54, 1.807) is 6.92 Å². The predicted molar refractivity (Wildman–Crippen MR) is 61.1 cm³/mol. The van der Waals surface area contributed by atoms with Gasteiger partial charge in [-0.2, -0.15) is 0 Å². The second-order valence-corrected chi connectivity index (χ2v) is 3.55. The van der Waals surface area contributed by atoms with Crippen LogP contribution >= 0.6 is 0 Å². The lowest BCUT2D eigenvalue weighted by Gasteiger charge is -2.12. The van der Waals surface area contributed by atoms with Crippen LogP contribution in [0, 0.1) is 6.92 Å². The lowest BCUT2D eigenvalue weighted by Crippen LogP contribution is -2.42. The second-order valence-electron chi connectivity index (χ2n) is 3.55. The molecule has 98 valence electrons. The molecule has 0 fully saturated rings. The average molecular weight is 254 g/mol. The molecule has 1 rings (SSSR count). The molecule has 0 radical (unpaired) electrons. The molecule has 1 aromatic heterocycles. The predicted octanol–water partition coefficient (Wildman–Crippen LogP) is 0.507. The molecule has 0 spiro atoms. The first-order valence-corrected chi connectivity index (χ1v) is 5.22. The molecule has 0 aromatic carbocycles. The third kappa shape index (κ3) is 4.28. The molecule has 7 nitrogen and oxygen atoms in total. The van der Waals surface area contributed by atoms with E-state index < -0.39 is 17.9 Å². The Bertz CT molecular complexity index is 440. The van der Waals surface area contributed by atoms with Gasteiger partial charge in [0.15, 0.2) is 6.61 Å². The number of rotatable bonds is 7. The summed E-state index contributed by atoms with van der Waals surface area (Å²) in [7, 11) is 0. The summed E-state index contributed by atoms with van der Waals surface area (Å²) in [5.41, 5.74) is 0. The highest BCUT2D eigenvalue weighted by atomic mass is 16.5. The van der Waals surface area contributed by atoms with Gasteiger partial charge in [-0.05, 0) is 18.5 Å². The lowest BCUT2D eigenvalue weighted by molar-refractivity contribution is -0.142. The number of hydrogen-bond donors (Lipinski definition) is 2. The summed E-state index contributed by atoms with van der Waals surface area (Å²) >= 11 is 0. The minimum absolute atomic E-state index is 0.143. The van der Waals surface area contributed by atoms with Crippen molar-refractivity contribution in [1.82, 2.24) is 10.5 Å². The first-order chi connectivity index (χ1) is 8.52. The number of carbonyl (C=O) groups is 2. The normalized spacial score (nSPS) is 11.6. The number of nitrogens with zero attached hydrogens (tertiary/aromatic N) is 1. The summed E-state index contributed by atoms with van der Waals surface area (Å²) in [6.07, 6.45) is 1.56. The van der Waals surface area contributed by atoms with E-state index in [4.69, 9.17) is 14.4 Å². The SMILES string of the molecule is C=CCC(NC(=O)COc1cc(C)on1)C(=O)O. The molecule has 1 atom stereocenters. The molecule has 0 saturated heterocycles. The van der Waals surface area contributed by atoms with E-state index in [2.05, 4.69) is 17.1 Å². The van der Waals surface area contributed by atoms with Gasteiger partial charge in [-0.15, -0.1) is 6.58 Å². The standard InChI is InChI=1S/C11H14N2O5/c1-3-4-8(11(15)16)12-9(14)6-17-10-5-7(2)18-13-10/h3,5,8H,1,4,6H2,2H3,(H,12,14)(H,15,16).